The molecule has 0 bridgehead atoms. The summed E-state index contributed by atoms with van der Waals surface area (Å²) in [5.74, 6) is 0.244. The maximum Gasteiger partial charge on any atom is 0.143 e. The first-order valence-corrected chi connectivity index (χ1v) is 8.01. The van der Waals surface area contributed by atoms with Crippen LogP contribution in [-0.4, -0.2) is 16.7 Å². The highest BCUT2D eigenvalue weighted by atomic mass is 19.1. The molecule has 0 fully saturated rings. The van der Waals surface area contributed by atoms with Crippen molar-refractivity contribution in [3.8, 4) is 28.6 Å². The lowest BCUT2D eigenvalue weighted by atomic mass is 10.0. The molecule has 0 N–H and O–H groups in total. The molecule has 4 nitrogen and oxygen atoms in total. The summed E-state index contributed by atoms with van der Waals surface area (Å²) in [6, 6.07) is 20.5. The third kappa shape index (κ3) is 2.68. The maximum absolute atomic E-state index is 13.8. The number of hydrogen-bond acceptors (Lipinski definition) is 3. The first kappa shape index (κ1) is 15.9. The van der Waals surface area contributed by atoms with Crippen molar-refractivity contribution in [2.24, 2.45) is 0 Å². The quantitative estimate of drug-likeness (QED) is 0.541. The van der Waals surface area contributed by atoms with Gasteiger partial charge in [-0.05, 0) is 41.5 Å². The molecule has 126 valence electrons. The number of ether oxygens (including phenoxy) is 1. The molecular weight excluding hydrogens is 329 g/mol. The minimum atomic E-state index is -0.558. The third-order valence-electron chi connectivity index (χ3n) is 4.30. The maximum atomic E-state index is 13.8. The van der Waals surface area contributed by atoms with Crippen molar-refractivity contribution in [1.29, 1.82) is 5.26 Å². The van der Waals surface area contributed by atoms with E-state index < -0.39 is 5.82 Å². The van der Waals surface area contributed by atoms with Crippen LogP contribution in [0.1, 0.15) is 5.56 Å². The second-order valence-corrected chi connectivity index (χ2v) is 5.83. The van der Waals surface area contributed by atoms with Crippen molar-refractivity contribution in [3.63, 3.8) is 0 Å². The number of methoxy groups -OCH3 is 1. The smallest absolute Gasteiger partial charge is 0.143 e. The Labute approximate surface area is 149 Å². The second-order valence-electron chi connectivity index (χ2n) is 5.83. The van der Waals surface area contributed by atoms with Gasteiger partial charge in [0.25, 0.3) is 0 Å². The topological polar surface area (TPSA) is 50.8 Å². The van der Waals surface area contributed by atoms with E-state index >= 15 is 0 Å². The number of imidazole rings is 1. The van der Waals surface area contributed by atoms with E-state index in [0.29, 0.717) is 11.0 Å². The van der Waals surface area contributed by atoms with Crippen molar-refractivity contribution < 1.29 is 9.13 Å². The van der Waals surface area contributed by atoms with Crippen LogP contribution in [0.3, 0.4) is 0 Å². The first-order valence-electron chi connectivity index (χ1n) is 8.01. The largest absolute Gasteiger partial charge is 0.497 e. The van der Waals surface area contributed by atoms with Crippen LogP contribution in [0.15, 0.2) is 67.0 Å². The van der Waals surface area contributed by atoms with Crippen LogP contribution in [0.4, 0.5) is 4.39 Å². The number of rotatable bonds is 3. The Kier molecular flexibility index (Phi) is 3.86. The van der Waals surface area contributed by atoms with Gasteiger partial charge in [-0.3, -0.25) is 4.57 Å². The number of nitrogens with zero attached hydrogens (tertiary/aromatic N) is 3. The van der Waals surface area contributed by atoms with E-state index in [1.165, 1.54) is 12.1 Å². The Hall–Kier alpha value is -3.65. The lowest BCUT2D eigenvalue weighted by molar-refractivity contribution is 0.415. The van der Waals surface area contributed by atoms with Crippen molar-refractivity contribution >= 4 is 11.0 Å². The highest BCUT2D eigenvalue weighted by Crippen LogP contribution is 2.27. The number of nitriles is 1. The van der Waals surface area contributed by atoms with Gasteiger partial charge in [0, 0.05) is 11.8 Å². The van der Waals surface area contributed by atoms with Crippen LogP contribution in [-0.2, 0) is 0 Å². The predicted molar refractivity (Wildman–Crippen MR) is 97.7 cm³/mol. The highest BCUT2D eigenvalue weighted by molar-refractivity contribution is 5.80. The SMILES string of the molecule is COc1ccc(-c2cccc(-n3cnc4cc(F)c(C#N)cc43)c2)cc1. The molecule has 4 aromatic rings. The molecule has 0 aliphatic heterocycles. The molecule has 5 heteroatoms. The number of aromatic nitrogens is 2. The van der Waals surface area contributed by atoms with E-state index in [-0.39, 0.29) is 5.56 Å². The van der Waals surface area contributed by atoms with Crippen molar-refractivity contribution in [2.75, 3.05) is 7.11 Å². The molecule has 0 saturated carbocycles. The zero-order chi connectivity index (χ0) is 18.1. The van der Waals surface area contributed by atoms with Gasteiger partial charge >= 0.3 is 0 Å². The standard InChI is InChI=1S/C21H14FN3O/c1-26-18-7-5-14(6-8-18)15-3-2-4-17(9-15)25-13-24-20-11-19(22)16(12-23)10-21(20)25/h2-11,13H,1H3. The van der Waals surface area contributed by atoms with E-state index in [1.807, 2.05) is 59.2 Å². The number of benzene rings is 3. The van der Waals surface area contributed by atoms with Crippen molar-refractivity contribution in [3.05, 3.63) is 78.4 Å². The molecule has 0 radical (unpaired) electrons. The van der Waals surface area contributed by atoms with Gasteiger partial charge < -0.3 is 4.74 Å². The fourth-order valence-electron chi connectivity index (χ4n) is 2.94. The molecule has 0 aliphatic rings. The fraction of sp³-hybridized carbons (Fsp3) is 0.0476. The summed E-state index contributed by atoms with van der Waals surface area (Å²) in [6.45, 7) is 0. The van der Waals surface area contributed by atoms with Gasteiger partial charge in [0.1, 0.15) is 24.0 Å². The Balaban J connectivity index is 1.81. The monoisotopic (exact) mass is 343 g/mol. The van der Waals surface area contributed by atoms with E-state index in [2.05, 4.69) is 4.98 Å². The van der Waals surface area contributed by atoms with Gasteiger partial charge in [-0.15, -0.1) is 0 Å². The predicted octanol–water partition coefficient (Wildman–Crippen LogP) is 4.71. The Morgan fingerprint density at radius 3 is 2.58 bits per heavy atom. The molecule has 3 aromatic carbocycles. The summed E-state index contributed by atoms with van der Waals surface area (Å²) >= 11 is 0. The normalized spacial score (nSPS) is 10.7. The molecule has 0 unspecified atom stereocenters. The van der Waals surface area contributed by atoms with E-state index in [1.54, 1.807) is 13.4 Å². The van der Waals surface area contributed by atoms with Crippen LogP contribution >= 0.6 is 0 Å². The summed E-state index contributed by atoms with van der Waals surface area (Å²) < 4.78 is 20.8. The first-order chi connectivity index (χ1) is 12.7. The van der Waals surface area contributed by atoms with Crippen molar-refractivity contribution in [2.45, 2.75) is 0 Å². The number of hydrogen-bond donors (Lipinski definition) is 0. The van der Waals surface area contributed by atoms with Crippen LogP contribution in [0.25, 0.3) is 27.8 Å². The Morgan fingerprint density at radius 2 is 1.85 bits per heavy atom. The van der Waals surface area contributed by atoms with Gasteiger partial charge in [-0.25, -0.2) is 9.37 Å². The van der Waals surface area contributed by atoms with Crippen LogP contribution in [0, 0.1) is 17.1 Å². The summed E-state index contributed by atoms with van der Waals surface area (Å²) in [5.41, 5.74) is 4.18. The molecule has 4 rings (SSSR count). The average Bonchev–Trinajstić information content (AvgIpc) is 3.10. The molecule has 1 aromatic heterocycles. The van der Waals surface area contributed by atoms with Gasteiger partial charge in [0.05, 0.1) is 23.7 Å². The van der Waals surface area contributed by atoms with Crippen LogP contribution < -0.4 is 4.74 Å². The number of fused-ring (bicyclic) bond motifs is 1. The fourth-order valence-corrected chi connectivity index (χ4v) is 2.94. The molecule has 0 atom stereocenters. The Bertz CT molecular complexity index is 1140. The summed E-state index contributed by atoms with van der Waals surface area (Å²) in [6.07, 6.45) is 1.64. The van der Waals surface area contributed by atoms with Crippen molar-refractivity contribution in [1.82, 2.24) is 9.55 Å². The molecular formula is C21H14FN3O. The van der Waals surface area contributed by atoms with E-state index in [4.69, 9.17) is 10.00 Å². The molecule has 1 heterocycles. The summed E-state index contributed by atoms with van der Waals surface area (Å²) in [5, 5.41) is 9.08. The van der Waals surface area contributed by atoms with Gasteiger partial charge in [0.2, 0.25) is 0 Å². The van der Waals surface area contributed by atoms with Crippen LogP contribution in [0.2, 0.25) is 0 Å². The zero-order valence-electron chi connectivity index (χ0n) is 14.0. The molecule has 0 aliphatic carbocycles. The van der Waals surface area contributed by atoms with Gasteiger partial charge in [0.15, 0.2) is 0 Å². The molecule has 26 heavy (non-hydrogen) atoms. The van der Waals surface area contributed by atoms with Gasteiger partial charge in [-0.2, -0.15) is 5.26 Å². The van der Waals surface area contributed by atoms with Gasteiger partial charge in [-0.1, -0.05) is 24.3 Å². The molecule has 0 saturated heterocycles. The summed E-state index contributed by atoms with van der Waals surface area (Å²) in [4.78, 5) is 4.25. The minimum absolute atomic E-state index is 0.00515. The zero-order valence-corrected chi connectivity index (χ0v) is 14.0. The second kappa shape index (κ2) is 6.34. The Morgan fingerprint density at radius 1 is 1.04 bits per heavy atom. The number of halogens is 1. The average molecular weight is 343 g/mol. The van der Waals surface area contributed by atoms with E-state index in [9.17, 15) is 4.39 Å². The lowest BCUT2D eigenvalue weighted by Gasteiger charge is -2.09. The minimum Gasteiger partial charge on any atom is -0.497 e. The lowest BCUT2D eigenvalue weighted by Crippen LogP contribution is -1.94. The van der Waals surface area contributed by atoms with E-state index in [0.717, 1.165) is 22.6 Å². The molecule has 0 spiro atoms. The third-order valence-corrected chi connectivity index (χ3v) is 4.30. The van der Waals surface area contributed by atoms with Crippen LogP contribution in [0.5, 0.6) is 5.75 Å². The highest BCUT2D eigenvalue weighted by Gasteiger charge is 2.11. The molecule has 0 amide bonds. The summed E-state index contributed by atoms with van der Waals surface area (Å²) in [7, 11) is 1.64.